The molecule has 0 radical (unpaired) electrons. The van der Waals surface area contributed by atoms with Crippen LogP contribution in [0.3, 0.4) is 0 Å². The highest BCUT2D eigenvalue weighted by atomic mass is 35.5. The molecule has 0 fully saturated rings. The number of halogens is 4. The van der Waals surface area contributed by atoms with Crippen molar-refractivity contribution < 1.29 is 27.9 Å². The molecule has 0 aliphatic heterocycles. The van der Waals surface area contributed by atoms with Gasteiger partial charge in [0.15, 0.2) is 0 Å². The third-order valence-electron chi connectivity index (χ3n) is 3.42. The van der Waals surface area contributed by atoms with Crippen molar-refractivity contribution in [1.29, 1.82) is 0 Å². The molecule has 25 heavy (non-hydrogen) atoms. The van der Waals surface area contributed by atoms with Gasteiger partial charge in [-0.3, -0.25) is 14.5 Å². The van der Waals surface area contributed by atoms with E-state index in [2.05, 4.69) is 5.32 Å². The molecule has 2 N–H and O–H groups in total. The van der Waals surface area contributed by atoms with E-state index in [4.69, 9.17) is 5.11 Å². The summed E-state index contributed by atoms with van der Waals surface area (Å²) in [7, 11) is 1.48. The first kappa shape index (κ1) is 23.2. The van der Waals surface area contributed by atoms with Gasteiger partial charge in [0.2, 0.25) is 5.91 Å². The number of nitrogens with one attached hydrogen (secondary N) is 1. The van der Waals surface area contributed by atoms with Crippen molar-refractivity contribution in [1.82, 2.24) is 10.2 Å². The van der Waals surface area contributed by atoms with Crippen LogP contribution < -0.4 is 5.32 Å². The number of amides is 1. The Morgan fingerprint density at radius 1 is 1.24 bits per heavy atom. The summed E-state index contributed by atoms with van der Waals surface area (Å²) in [4.78, 5) is 23.8. The zero-order valence-corrected chi connectivity index (χ0v) is 14.6. The summed E-state index contributed by atoms with van der Waals surface area (Å²) in [6.45, 7) is 0.654. The number of rotatable bonds is 9. The van der Waals surface area contributed by atoms with Gasteiger partial charge in [-0.15, -0.1) is 12.4 Å². The topological polar surface area (TPSA) is 69.6 Å². The first-order chi connectivity index (χ1) is 11.2. The number of aliphatic carboxylic acids is 1. The number of carbonyl (C=O) groups excluding carboxylic acids is 1. The molecule has 1 aromatic rings. The number of nitrogens with zero attached hydrogens (tertiary/aromatic N) is 1. The maximum absolute atomic E-state index is 12.8. The number of unbranched alkanes of at least 4 members (excludes halogenated alkanes) is 1. The maximum Gasteiger partial charge on any atom is 0.416 e. The Hall–Kier alpha value is -1.80. The molecule has 9 heteroatoms. The molecule has 0 aromatic heterocycles. The molecule has 0 spiro atoms. The summed E-state index contributed by atoms with van der Waals surface area (Å²) >= 11 is 0. The molecule has 0 saturated carbocycles. The molecule has 0 atom stereocenters. The van der Waals surface area contributed by atoms with Gasteiger partial charge >= 0.3 is 12.1 Å². The van der Waals surface area contributed by atoms with E-state index in [1.54, 1.807) is 11.0 Å². The van der Waals surface area contributed by atoms with Crippen molar-refractivity contribution in [2.24, 2.45) is 0 Å². The van der Waals surface area contributed by atoms with Gasteiger partial charge < -0.3 is 10.4 Å². The summed E-state index contributed by atoms with van der Waals surface area (Å²) in [5.41, 5.74) is -0.280. The summed E-state index contributed by atoms with van der Waals surface area (Å²) in [5, 5.41) is 11.1. The number of alkyl halides is 3. The van der Waals surface area contributed by atoms with Crippen LogP contribution in [0.1, 0.15) is 30.4 Å². The first-order valence-electron chi connectivity index (χ1n) is 7.53. The van der Waals surface area contributed by atoms with Crippen molar-refractivity contribution >= 4 is 24.3 Å². The van der Waals surface area contributed by atoms with Gasteiger partial charge in [0, 0.05) is 20.0 Å². The minimum atomic E-state index is -4.41. The Morgan fingerprint density at radius 3 is 2.48 bits per heavy atom. The van der Waals surface area contributed by atoms with Gasteiger partial charge in [-0.1, -0.05) is 18.2 Å². The number of benzene rings is 1. The Balaban J connectivity index is 0.00000576. The molecule has 0 aliphatic rings. The van der Waals surface area contributed by atoms with Gasteiger partial charge in [-0.25, -0.2) is 0 Å². The molecule has 0 heterocycles. The number of hydrogen-bond donors (Lipinski definition) is 2. The van der Waals surface area contributed by atoms with Crippen LogP contribution in [0.5, 0.6) is 0 Å². The molecule has 0 aliphatic carbocycles. The van der Waals surface area contributed by atoms with E-state index < -0.39 is 17.7 Å². The van der Waals surface area contributed by atoms with Crippen LogP contribution in [0.2, 0.25) is 0 Å². The van der Waals surface area contributed by atoms with Crippen molar-refractivity contribution in [3.05, 3.63) is 35.4 Å². The van der Waals surface area contributed by atoms with E-state index in [1.165, 1.54) is 13.1 Å². The number of carboxylic acids is 1. The summed E-state index contributed by atoms with van der Waals surface area (Å²) < 4.78 is 38.3. The van der Waals surface area contributed by atoms with E-state index in [9.17, 15) is 22.8 Å². The van der Waals surface area contributed by atoms with Crippen LogP contribution in [0, 0.1) is 0 Å². The molecule has 0 unspecified atom stereocenters. The van der Waals surface area contributed by atoms with Crippen LogP contribution in [-0.4, -0.2) is 42.0 Å². The molecule has 5 nitrogen and oxygen atoms in total. The van der Waals surface area contributed by atoms with E-state index in [-0.39, 0.29) is 37.8 Å². The normalized spacial score (nSPS) is 11.1. The van der Waals surface area contributed by atoms with Crippen molar-refractivity contribution in [2.75, 3.05) is 20.1 Å². The van der Waals surface area contributed by atoms with Crippen molar-refractivity contribution in [2.45, 2.75) is 32.0 Å². The average molecular weight is 383 g/mol. The molecule has 0 bridgehead atoms. The fourth-order valence-corrected chi connectivity index (χ4v) is 2.21. The standard InChI is InChI=1S/C16H21F3N2O3.ClH/c1-20-14(22)11-21(8-3-2-7-15(23)24)10-12-5-4-6-13(9-12)16(17,18)19;/h4-6,9H,2-3,7-8,10-11H2,1H3,(H,20,22)(H,23,24);1H. The minimum absolute atomic E-state index is 0. The zero-order valence-electron chi connectivity index (χ0n) is 13.8. The molecule has 142 valence electrons. The summed E-state index contributed by atoms with van der Waals surface area (Å²) in [6, 6.07) is 4.97. The van der Waals surface area contributed by atoms with E-state index in [0.717, 1.165) is 12.1 Å². The van der Waals surface area contributed by atoms with Crippen LogP contribution in [0.15, 0.2) is 24.3 Å². The van der Waals surface area contributed by atoms with Gasteiger partial charge in [0.1, 0.15) is 0 Å². The van der Waals surface area contributed by atoms with E-state index in [0.29, 0.717) is 24.9 Å². The SMILES string of the molecule is CNC(=O)CN(CCCCC(=O)O)Cc1cccc(C(F)(F)F)c1.Cl. The van der Waals surface area contributed by atoms with E-state index in [1.807, 2.05) is 0 Å². The number of hydrogen-bond acceptors (Lipinski definition) is 3. The quantitative estimate of drug-likeness (QED) is 0.644. The Morgan fingerprint density at radius 2 is 1.92 bits per heavy atom. The first-order valence-corrected chi connectivity index (χ1v) is 7.53. The molecule has 1 rings (SSSR count). The second kappa shape index (κ2) is 10.9. The van der Waals surface area contributed by atoms with Crippen LogP contribution in [0.4, 0.5) is 13.2 Å². The second-order valence-electron chi connectivity index (χ2n) is 5.43. The highest BCUT2D eigenvalue weighted by Crippen LogP contribution is 2.29. The lowest BCUT2D eigenvalue weighted by Crippen LogP contribution is -2.36. The predicted molar refractivity (Wildman–Crippen MR) is 89.5 cm³/mol. The Kier molecular flexibility index (Phi) is 10.2. The van der Waals surface area contributed by atoms with Gasteiger partial charge in [0.25, 0.3) is 0 Å². The van der Waals surface area contributed by atoms with Crippen molar-refractivity contribution in [3.63, 3.8) is 0 Å². The van der Waals surface area contributed by atoms with Crippen LogP contribution >= 0.6 is 12.4 Å². The van der Waals surface area contributed by atoms with Crippen LogP contribution in [0.25, 0.3) is 0 Å². The predicted octanol–water partition coefficient (Wildman–Crippen LogP) is 2.93. The lowest BCUT2D eigenvalue weighted by molar-refractivity contribution is -0.138. The fourth-order valence-electron chi connectivity index (χ4n) is 2.21. The molecule has 0 saturated heterocycles. The number of carboxylic acid groups (broad SMARTS) is 1. The fraction of sp³-hybridized carbons (Fsp3) is 0.500. The maximum atomic E-state index is 12.8. The zero-order chi connectivity index (χ0) is 18.2. The third kappa shape index (κ3) is 9.31. The molecular formula is C16H22ClF3N2O3. The van der Waals surface area contributed by atoms with E-state index >= 15 is 0 Å². The highest BCUT2D eigenvalue weighted by molar-refractivity contribution is 5.85. The van der Waals surface area contributed by atoms with Gasteiger partial charge in [-0.05, 0) is 31.0 Å². The molecule has 1 amide bonds. The van der Waals surface area contributed by atoms with Gasteiger partial charge in [0.05, 0.1) is 12.1 Å². The van der Waals surface area contributed by atoms with Gasteiger partial charge in [-0.2, -0.15) is 13.2 Å². The molecule has 1 aromatic carbocycles. The third-order valence-corrected chi connectivity index (χ3v) is 3.42. The lowest BCUT2D eigenvalue weighted by Gasteiger charge is -2.22. The lowest BCUT2D eigenvalue weighted by atomic mass is 10.1. The number of likely N-dealkylation sites (N-methyl/N-ethyl adjacent to an activating group) is 1. The van der Waals surface area contributed by atoms with Crippen LogP contribution in [-0.2, 0) is 22.3 Å². The summed E-state index contributed by atoms with van der Waals surface area (Å²) in [6.07, 6.45) is -3.40. The largest absolute Gasteiger partial charge is 0.481 e. The Bertz CT molecular complexity index is 568. The highest BCUT2D eigenvalue weighted by Gasteiger charge is 2.30. The van der Waals surface area contributed by atoms with Crippen molar-refractivity contribution in [3.8, 4) is 0 Å². The minimum Gasteiger partial charge on any atom is -0.481 e. The Labute approximate surface area is 150 Å². The molecular weight excluding hydrogens is 361 g/mol. The monoisotopic (exact) mass is 382 g/mol. The average Bonchev–Trinajstić information content (AvgIpc) is 2.50. The second-order valence-corrected chi connectivity index (χ2v) is 5.43. The summed E-state index contributed by atoms with van der Waals surface area (Å²) in [5.74, 6) is -1.15. The number of carbonyl (C=O) groups is 2. The smallest absolute Gasteiger partial charge is 0.416 e.